The highest BCUT2D eigenvalue weighted by molar-refractivity contribution is 5.95. The zero-order chi connectivity index (χ0) is 16.2. The predicted octanol–water partition coefficient (Wildman–Crippen LogP) is 2.49. The number of piperidine rings is 2. The molecule has 3 nitrogen and oxygen atoms in total. The van der Waals surface area contributed by atoms with Crippen LogP contribution in [0, 0.1) is 6.92 Å². The van der Waals surface area contributed by atoms with E-state index in [1.54, 1.807) is 0 Å². The van der Waals surface area contributed by atoms with E-state index in [0.717, 1.165) is 36.1 Å². The fraction of sp³-hybridized carbons (Fsp3) is 0.650. The Kier molecular flexibility index (Phi) is 5.37. The summed E-state index contributed by atoms with van der Waals surface area (Å²) >= 11 is 0. The van der Waals surface area contributed by atoms with Crippen molar-refractivity contribution in [3.05, 3.63) is 35.4 Å². The fourth-order valence-corrected chi connectivity index (χ4v) is 4.63. The molecule has 2 N–H and O–H groups in total. The summed E-state index contributed by atoms with van der Waals surface area (Å²) in [5.74, 6) is 0.114. The van der Waals surface area contributed by atoms with E-state index >= 15 is 0 Å². The van der Waals surface area contributed by atoms with Crippen molar-refractivity contribution in [1.29, 1.82) is 0 Å². The van der Waals surface area contributed by atoms with Crippen LogP contribution in [0.5, 0.6) is 0 Å². The molecule has 0 aliphatic carbocycles. The lowest BCUT2D eigenvalue weighted by atomic mass is 9.81. The monoisotopic (exact) mass is 315 g/mol. The minimum absolute atomic E-state index is 0.114. The summed E-state index contributed by atoms with van der Waals surface area (Å²) in [7, 11) is 0. The molecule has 126 valence electrons. The maximum absolute atomic E-state index is 12.6. The molecule has 23 heavy (non-hydrogen) atoms. The molecule has 2 heterocycles. The highest BCUT2D eigenvalue weighted by Gasteiger charge is 2.41. The summed E-state index contributed by atoms with van der Waals surface area (Å²) in [6, 6.07) is 9.78. The summed E-state index contributed by atoms with van der Waals surface area (Å²) in [4.78, 5) is 14.4. The Balaban J connectivity index is 1.63. The van der Waals surface area contributed by atoms with Gasteiger partial charge in [-0.25, -0.2) is 0 Å². The number of carbonyl (C=O) groups is 1. The molecular formula is C20H31N2O+. The van der Waals surface area contributed by atoms with Crippen molar-refractivity contribution in [2.24, 2.45) is 0 Å². The molecule has 3 rings (SSSR count). The average Bonchev–Trinajstić information content (AvgIpc) is 2.53. The number of rotatable bonds is 5. The van der Waals surface area contributed by atoms with Gasteiger partial charge in [0.1, 0.15) is 0 Å². The first-order chi connectivity index (χ1) is 11.2. The third-order valence-electron chi connectivity index (χ3n) is 5.84. The van der Waals surface area contributed by atoms with Crippen LogP contribution in [0.4, 0.5) is 0 Å². The number of nitrogens with one attached hydrogen (secondary N) is 2. The minimum Gasteiger partial charge on any atom is -0.349 e. The Hall–Kier alpha value is -1.35. The molecule has 1 amide bonds. The topological polar surface area (TPSA) is 33.5 Å². The first-order valence-electron chi connectivity index (χ1n) is 9.41. The number of aryl methyl sites for hydroxylation is 1. The molecule has 4 atom stereocenters. The van der Waals surface area contributed by atoms with Gasteiger partial charge in [-0.1, -0.05) is 31.5 Å². The molecule has 2 bridgehead atoms. The summed E-state index contributed by atoms with van der Waals surface area (Å²) in [5.41, 5.74) is 1.90. The summed E-state index contributed by atoms with van der Waals surface area (Å²) in [5, 5.41) is 3.33. The van der Waals surface area contributed by atoms with Crippen LogP contribution < -0.4 is 10.2 Å². The van der Waals surface area contributed by atoms with Gasteiger partial charge in [-0.2, -0.15) is 0 Å². The maximum Gasteiger partial charge on any atom is 0.251 e. The van der Waals surface area contributed by atoms with Gasteiger partial charge in [0.25, 0.3) is 5.91 Å². The number of carbonyl (C=O) groups excluding carboxylic acids is 1. The molecular weight excluding hydrogens is 284 g/mol. The highest BCUT2D eigenvalue weighted by Crippen LogP contribution is 2.23. The van der Waals surface area contributed by atoms with E-state index in [1.165, 1.54) is 38.6 Å². The third kappa shape index (κ3) is 3.77. The Bertz CT molecular complexity index is 528. The molecule has 1 aromatic carbocycles. The molecule has 2 aliphatic heterocycles. The second-order valence-corrected chi connectivity index (χ2v) is 7.46. The average molecular weight is 315 g/mol. The van der Waals surface area contributed by atoms with Crippen LogP contribution in [0.25, 0.3) is 0 Å². The third-order valence-corrected chi connectivity index (χ3v) is 5.84. The minimum atomic E-state index is 0.114. The van der Waals surface area contributed by atoms with E-state index in [1.807, 2.05) is 36.1 Å². The van der Waals surface area contributed by atoms with Gasteiger partial charge in [0.2, 0.25) is 0 Å². The zero-order valence-electron chi connectivity index (χ0n) is 14.6. The van der Waals surface area contributed by atoms with Crippen LogP contribution in [0.15, 0.2) is 24.3 Å². The predicted molar refractivity (Wildman–Crippen MR) is 93.8 cm³/mol. The molecule has 2 aliphatic rings. The summed E-state index contributed by atoms with van der Waals surface area (Å²) < 4.78 is 0. The summed E-state index contributed by atoms with van der Waals surface area (Å²) in [6.07, 6.45) is 9.00. The number of amides is 1. The van der Waals surface area contributed by atoms with Crippen molar-refractivity contribution in [3.63, 3.8) is 0 Å². The van der Waals surface area contributed by atoms with Crippen LogP contribution >= 0.6 is 0 Å². The molecule has 0 spiro atoms. The number of hydrogen-bond donors (Lipinski definition) is 2. The number of unbranched alkanes of at least 4 members (excludes halogenated alkanes) is 1. The van der Waals surface area contributed by atoms with Crippen molar-refractivity contribution in [3.8, 4) is 0 Å². The van der Waals surface area contributed by atoms with Crippen LogP contribution in [-0.4, -0.2) is 30.6 Å². The number of benzene rings is 1. The van der Waals surface area contributed by atoms with Gasteiger partial charge in [0.05, 0.1) is 18.6 Å². The quantitative estimate of drug-likeness (QED) is 0.860. The smallest absolute Gasteiger partial charge is 0.251 e. The van der Waals surface area contributed by atoms with Crippen molar-refractivity contribution in [2.45, 2.75) is 76.9 Å². The van der Waals surface area contributed by atoms with Crippen molar-refractivity contribution >= 4 is 5.91 Å². The highest BCUT2D eigenvalue weighted by atomic mass is 16.1. The molecule has 0 aromatic heterocycles. The number of hydrogen-bond acceptors (Lipinski definition) is 1. The van der Waals surface area contributed by atoms with Gasteiger partial charge in [-0.05, 0) is 44.2 Å². The molecule has 1 aromatic rings. The van der Waals surface area contributed by atoms with Gasteiger partial charge < -0.3 is 10.2 Å². The second kappa shape index (κ2) is 7.48. The Morgan fingerprint density at radius 3 is 2.57 bits per heavy atom. The van der Waals surface area contributed by atoms with E-state index in [9.17, 15) is 4.79 Å². The maximum atomic E-state index is 12.6. The molecule has 3 heteroatoms. The Labute approximate surface area is 140 Å². The van der Waals surface area contributed by atoms with Crippen LogP contribution in [0.3, 0.4) is 0 Å². The normalized spacial score (nSPS) is 30.0. The van der Waals surface area contributed by atoms with Crippen molar-refractivity contribution in [2.75, 3.05) is 6.54 Å². The second-order valence-electron chi connectivity index (χ2n) is 7.46. The van der Waals surface area contributed by atoms with Crippen LogP contribution in [0.1, 0.15) is 67.8 Å². The number of quaternary nitrogens is 1. The van der Waals surface area contributed by atoms with Crippen molar-refractivity contribution in [1.82, 2.24) is 5.32 Å². The van der Waals surface area contributed by atoms with Crippen LogP contribution in [0.2, 0.25) is 0 Å². The van der Waals surface area contributed by atoms with E-state index in [4.69, 9.17) is 0 Å². The fourth-order valence-electron chi connectivity index (χ4n) is 4.63. The van der Waals surface area contributed by atoms with E-state index < -0.39 is 0 Å². The molecule has 0 radical (unpaired) electrons. The van der Waals surface area contributed by atoms with Gasteiger partial charge >= 0.3 is 0 Å². The molecule has 0 saturated carbocycles. The molecule has 2 saturated heterocycles. The van der Waals surface area contributed by atoms with Gasteiger partial charge in [-0.3, -0.25) is 4.79 Å². The first kappa shape index (κ1) is 16.5. The lowest BCUT2D eigenvalue weighted by molar-refractivity contribution is -0.961. The largest absolute Gasteiger partial charge is 0.349 e. The Morgan fingerprint density at radius 2 is 1.91 bits per heavy atom. The molecule has 2 fully saturated rings. The standard InChI is InChI=1S/C20H30N2O/c1-3-4-12-22-17-9-7-10-18(22)14-16(13-17)21-20(23)19-11-6-5-8-15(19)2/h5-6,8,11,16-18H,3-4,7,9-10,12-14H2,1-2H3,(H,21,23)/p+1/t16?,17-,18+. The molecule has 2 unspecified atom stereocenters. The van der Waals surface area contributed by atoms with E-state index in [2.05, 4.69) is 12.2 Å². The van der Waals surface area contributed by atoms with E-state index in [-0.39, 0.29) is 5.91 Å². The number of fused-ring (bicyclic) bond motifs is 2. The lowest BCUT2D eigenvalue weighted by Crippen LogP contribution is -3.21. The lowest BCUT2D eigenvalue weighted by Gasteiger charge is -2.46. The SMILES string of the molecule is CCCC[NH+]1[C@@H]2CCC[C@H]1CC(NC(=O)c1ccccc1C)C2. The van der Waals surface area contributed by atoms with Crippen LogP contribution in [-0.2, 0) is 0 Å². The van der Waals surface area contributed by atoms with Gasteiger partial charge in [0.15, 0.2) is 0 Å². The van der Waals surface area contributed by atoms with Crippen molar-refractivity contribution < 1.29 is 9.69 Å². The zero-order valence-corrected chi connectivity index (χ0v) is 14.6. The Morgan fingerprint density at radius 1 is 1.22 bits per heavy atom. The van der Waals surface area contributed by atoms with Gasteiger partial charge in [0, 0.05) is 24.4 Å². The van der Waals surface area contributed by atoms with E-state index in [0.29, 0.717) is 6.04 Å². The first-order valence-corrected chi connectivity index (χ1v) is 9.41. The van der Waals surface area contributed by atoms with Gasteiger partial charge in [-0.15, -0.1) is 0 Å². The summed E-state index contributed by atoms with van der Waals surface area (Å²) in [6.45, 7) is 5.62.